The SMILES string of the molecule is CCCNC(=O)[C@@H](Cc1ccccc1)N(Cc1ccc(Cl)cc1Cl)C(=O)CN(c1ccccc1C)S(C)(=O)=O. The standard InChI is InChI=1S/C29H33Cl2N3O4S/c1-4-16-32-29(36)27(17-22-11-6-5-7-12-22)33(19-23-14-15-24(30)18-25(23)31)28(35)20-34(39(3,37)38)26-13-9-8-10-21(26)2/h5-15,18,27H,4,16-17,19-20H2,1-3H3,(H,32,36)/t27-/m1/s1. The highest BCUT2D eigenvalue weighted by atomic mass is 35.5. The van der Waals surface area contributed by atoms with Gasteiger partial charge in [0, 0.05) is 29.6 Å². The van der Waals surface area contributed by atoms with Crippen molar-refractivity contribution in [2.75, 3.05) is 23.7 Å². The Morgan fingerprint density at radius 3 is 2.26 bits per heavy atom. The summed E-state index contributed by atoms with van der Waals surface area (Å²) in [5, 5.41) is 3.68. The van der Waals surface area contributed by atoms with Crippen molar-refractivity contribution in [1.82, 2.24) is 10.2 Å². The zero-order chi connectivity index (χ0) is 28.6. The van der Waals surface area contributed by atoms with Crippen LogP contribution in [-0.2, 0) is 32.6 Å². The Bertz CT molecular complexity index is 1400. The van der Waals surface area contributed by atoms with E-state index in [9.17, 15) is 18.0 Å². The highest BCUT2D eigenvalue weighted by Gasteiger charge is 2.33. The molecular weight excluding hydrogens is 557 g/mol. The minimum Gasteiger partial charge on any atom is -0.354 e. The third-order valence-electron chi connectivity index (χ3n) is 6.24. The molecule has 7 nitrogen and oxygen atoms in total. The molecule has 2 amide bonds. The van der Waals surface area contributed by atoms with Gasteiger partial charge in [-0.3, -0.25) is 13.9 Å². The number of rotatable bonds is 12. The van der Waals surface area contributed by atoms with Gasteiger partial charge in [-0.1, -0.05) is 84.7 Å². The summed E-state index contributed by atoms with van der Waals surface area (Å²) in [6, 6.07) is 20.3. The monoisotopic (exact) mass is 589 g/mol. The van der Waals surface area contributed by atoms with Gasteiger partial charge in [-0.15, -0.1) is 0 Å². The fourth-order valence-electron chi connectivity index (χ4n) is 4.19. The lowest BCUT2D eigenvalue weighted by atomic mass is 10.0. The summed E-state index contributed by atoms with van der Waals surface area (Å²) in [4.78, 5) is 29.0. The molecule has 10 heteroatoms. The number of nitrogens with zero attached hydrogens (tertiary/aromatic N) is 2. The maximum absolute atomic E-state index is 14.0. The van der Waals surface area contributed by atoms with Gasteiger partial charge in [0.1, 0.15) is 12.6 Å². The lowest BCUT2D eigenvalue weighted by molar-refractivity contribution is -0.140. The van der Waals surface area contributed by atoms with Crippen LogP contribution < -0.4 is 9.62 Å². The van der Waals surface area contributed by atoms with Crippen LogP contribution in [0.5, 0.6) is 0 Å². The number of amides is 2. The van der Waals surface area contributed by atoms with E-state index in [4.69, 9.17) is 23.2 Å². The van der Waals surface area contributed by atoms with Crippen molar-refractivity contribution in [2.24, 2.45) is 0 Å². The van der Waals surface area contributed by atoms with Crippen LogP contribution in [-0.4, -0.2) is 50.5 Å². The molecule has 0 spiro atoms. The Labute approximate surface area is 240 Å². The normalized spacial score (nSPS) is 12.0. The molecule has 0 aliphatic rings. The third-order valence-corrected chi connectivity index (χ3v) is 7.95. The Morgan fingerprint density at radius 2 is 1.64 bits per heavy atom. The number of sulfonamides is 1. The van der Waals surface area contributed by atoms with Crippen LogP contribution in [0, 0.1) is 6.92 Å². The molecular formula is C29H33Cl2N3O4S. The predicted molar refractivity (Wildman–Crippen MR) is 158 cm³/mol. The van der Waals surface area contributed by atoms with Crippen LogP contribution in [0.4, 0.5) is 5.69 Å². The van der Waals surface area contributed by atoms with Gasteiger partial charge in [0.15, 0.2) is 0 Å². The smallest absolute Gasteiger partial charge is 0.244 e. The molecule has 0 heterocycles. The number of para-hydroxylation sites is 1. The summed E-state index contributed by atoms with van der Waals surface area (Å²) in [6.45, 7) is 3.65. The number of benzene rings is 3. The summed E-state index contributed by atoms with van der Waals surface area (Å²) in [5.74, 6) is -0.872. The van der Waals surface area contributed by atoms with Crippen LogP contribution in [0.15, 0.2) is 72.8 Å². The zero-order valence-electron chi connectivity index (χ0n) is 22.2. The average Bonchev–Trinajstić information content (AvgIpc) is 2.89. The second kappa shape index (κ2) is 13.8. The molecule has 0 aliphatic heterocycles. The largest absolute Gasteiger partial charge is 0.354 e. The maximum atomic E-state index is 14.0. The lowest BCUT2D eigenvalue weighted by Gasteiger charge is -2.34. The van der Waals surface area contributed by atoms with Crippen molar-refractivity contribution in [1.29, 1.82) is 0 Å². The maximum Gasteiger partial charge on any atom is 0.244 e. The van der Waals surface area contributed by atoms with E-state index in [0.717, 1.165) is 22.5 Å². The highest BCUT2D eigenvalue weighted by Crippen LogP contribution is 2.26. The molecule has 3 rings (SSSR count). The van der Waals surface area contributed by atoms with E-state index in [1.165, 1.54) is 4.90 Å². The second-order valence-corrected chi connectivity index (χ2v) is 12.1. The number of hydrogen-bond acceptors (Lipinski definition) is 4. The van der Waals surface area contributed by atoms with Gasteiger partial charge < -0.3 is 10.2 Å². The molecule has 1 atom stereocenters. The lowest BCUT2D eigenvalue weighted by Crippen LogP contribution is -2.53. The second-order valence-electron chi connectivity index (χ2n) is 9.31. The quantitative estimate of drug-likeness (QED) is 0.313. The third kappa shape index (κ3) is 8.46. The van der Waals surface area contributed by atoms with Crippen molar-refractivity contribution in [3.63, 3.8) is 0 Å². The van der Waals surface area contributed by atoms with Crippen LogP contribution in [0.3, 0.4) is 0 Å². The number of anilines is 1. The topological polar surface area (TPSA) is 86.8 Å². The van der Waals surface area contributed by atoms with E-state index >= 15 is 0 Å². The van der Waals surface area contributed by atoms with Crippen molar-refractivity contribution >= 4 is 50.7 Å². The molecule has 0 saturated carbocycles. The minimum absolute atomic E-state index is 0.0166. The fraction of sp³-hybridized carbons (Fsp3) is 0.310. The Hall–Kier alpha value is -3.07. The summed E-state index contributed by atoms with van der Waals surface area (Å²) in [7, 11) is -3.83. The van der Waals surface area contributed by atoms with Gasteiger partial charge in [0.05, 0.1) is 11.9 Å². The Balaban J connectivity index is 2.08. The number of carbonyl (C=O) groups is 2. The average molecular weight is 591 g/mol. The van der Waals surface area contributed by atoms with Crippen LogP contribution in [0.2, 0.25) is 10.0 Å². The molecule has 208 valence electrons. The number of carbonyl (C=O) groups excluding carboxylic acids is 2. The molecule has 0 aliphatic carbocycles. The highest BCUT2D eigenvalue weighted by molar-refractivity contribution is 7.92. The van der Waals surface area contributed by atoms with Gasteiger partial charge in [-0.25, -0.2) is 8.42 Å². The summed E-state index contributed by atoms with van der Waals surface area (Å²) in [6.07, 6.45) is 2.01. The first-order valence-corrected chi connectivity index (χ1v) is 15.2. The molecule has 3 aromatic rings. The van der Waals surface area contributed by atoms with Gasteiger partial charge in [-0.05, 0) is 48.2 Å². The fourth-order valence-corrected chi connectivity index (χ4v) is 5.57. The first-order valence-electron chi connectivity index (χ1n) is 12.6. The van der Waals surface area contributed by atoms with Crippen molar-refractivity contribution in [2.45, 2.75) is 39.3 Å². The first kappa shape index (κ1) is 30.5. The minimum atomic E-state index is -3.83. The van der Waals surface area contributed by atoms with Crippen molar-refractivity contribution < 1.29 is 18.0 Å². The van der Waals surface area contributed by atoms with Gasteiger partial charge >= 0.3 is 0 Å². The Morgan fingerprint density at radius 1 is 0.974 bits per heavy atom. The molecule has 0 bridgehead atoms. The van der Waals surface area contributed by atoms with Gasteiger partial charge in [0.2, 0.25) is 21.8 Å². The van der Waals surface area contributed by atoms with Crippen LogP contribution >= 0.6 is 23.2 Å². The number of nitrogens with one attached hydrogen (secondary N) is 1. The molecule has 0 saturated heterocycles. The van der Waals surface area contributed by atoms with E-state index in [-0.39, 0.29) is 18.9 Å². The van der Waals surface area contributed by atoms with Crippen LogP contribution in [0.25, 0.3) is 0 Å². The number of halogens is 2. The molecule has 1 N–H and O–H groups in total. The van der Waals surface area contributed by atoms with E-state index in [2.05, 4.69) is 5.32 Å². The number of hydrogen-bond donors (Lipinski definition) is 1. The molecule has 39 heavy (non-hydrogen) atoms. The zero-order valence-corrected chi connectivity index (χ0v) is 24.6. The van der Waals surface area contributed by atoms with Crippen LogP contribution in [0.1, 0.15) is 30.0 Å². The predicted octanol–water partition coefficient (Wildman–Crippen LogP) is 5.23. The molecule has 0 fully saturated rings. The molecule has 0 radical (unpaired) electrons. The van der Waals surface area contributed by atoms with E-state index in [1.54, 1.807) is 49.4 Å². The van der Waals surface area contributed by atoms with Crippen molar-refractivity contribution in [3.8, 4) is 0 Å². The van der Waals surface area contributed by atoms with Gasteiger partial charge in [0.25, 0.3) is 0 Å². The van der Waals surface area contributed by atoms with Gasteiger partial charge in [-0.2, -0.15) is 0 Å². The van der Waals surface area contributed by atoms with Crippen molar-refractivity contribution in [3.05, 3.63) is 99.5 Å². The molecule has 0 unspecified atom stereocenters. The summed E-state index contributed by atoms with van der Waals surface area (Å²) < 4.78 is 26.8. The van der Waals surface area contributed by atoms with E-state index in [0.29, 0.717) is 33.4 Å². The number of aryl methyl sites for hydroxylation is 1. The molecule has 3 aromatic carbocycles. The van der Waals surface area contributed by atoms with E-state index < -0.39 is 28.5 Å². The summed E-state index contributed by atoms with van der Waals surface area (Å²) in [5.41, 5.74) is 2.53. The first-order chi connectivity index (χ1) is 18.5. The molecule has 0 aromatic heterocycles. The summed E-state index contributed by atoms with van der Waals surface area (Å²) >= 11 is 12.6. The Kier molecular flexibility index (Phi) is 10.8. The van der Waals surface area contributed by atoms with E-state index in [1.807, 2.05) is 37.3 Å².